The summed E-state index contributed by atoms with van der Waals surface area (Å²) in [6, 6.07) is 11.4. The van der Waals surface area contributed by atoms with Crippen LogP contribution in [-0.2, 0) is 11.2 Å². The second-order valence-electron chi connectivity index (χ2n) is 5.19. The largest absolute Gasteiger partial charge is 0.496 e. The summed E-state index contributed by atoms with van der Waals surface area (Å²) < 4.78 is 18.9. The summed E-state index contributed by atoms with van der Waals surface area (Å²) in [6.07, 6.45) is 0.586. The maximum Gasteiger partial charge on any atom is 0.256 e. The monoisotopic (exact) mass is 364 g/mol. The highest BCUT2D eigenvalue weighted by Gasteiger charge is 2.16. The molecule has 0 unspecified atom stereocenters. The van der Waals surface area contributed by atoms with Crippen molar-refractivity contribution in [1.82, 2.24) is 10.6 Å². The number of halogens is 2. The molecule has 2 rings (SSSR count). The van der Waals surface area contributed by atoms with E-state index in [1.54, 1.807) is 7.11 Å². The van der Waals surface area contributed by atoms with Crippen LogP contribution in [0.25, 0.3) is 0 Å². The van der Waals surface area contributed by atoms with Gasteiger partial charge in [-0.1, -0.05) is 35.9 Å². The highest BCUT2D eigenvalue weighted by atomic mass is 35.5. The van der Waals surface area contributed by atoms with E-state index in [1.807, 2.05) is 24.3 Å². The van der Waals surface area contributed by atoms with Gasteiger partial charge >= 0.3 is 0 Å². The zero-order valence-electron chi connectivity index (χ0n) is 13.6. The Morgan fingerprint density at radius 2 is 1.88 bits per heavy atom. The van der Waals surface area contributed by atoms with Crippen molar-refractivity contribution in [2.24, 2.45) is 0 Å². The van der Waals surface area contributed by atoms with Crippen LogP contribution in [0.1, 0.15) is 15.9 Å². The Hall–Kier alpha value is -2.60. The van der Waals surface area contributed by atoms with Crippen molar-refractivity contribution in [3.63, 3.8) is 0 Å². The molecule has 0 aromatic heterocycles. The van der Waals surface area contributed by atoms with Gasteiger partial charge in [0.15, 0.2) is 0 Å². The minimum atomic E-state index is -0.735. The molecule has 2 amide bonds. The number of rotatable bonds is 7. The van der Waals surface area contributed by atoms with Crippen LogP contribution in [0.15, 0.2) is 42.5 Å². The zero-order valence-corrected chi connectivity index (χ0v) is 14.4. The number of carbonyl (C=O) groups is 2. The van der Waals surface area contributed by atoms with Crippen molar-refractivity contribution in [2.45, 2.75) is 6.42 Å². The van der Waals surface area contributed by atoms with Gasteiger partial charge in [-0.05, 0) is 30.2 Å². The summed E-state index contributed by atoms with van der Waals surface area (Å²) >= 11 is 5.81. The average molecular weight is 365 g/mol. The molecule has 0 aliphatic rings. The Morgan fingerprint density at radius 1 is 1.12 bits per heavy atom. The van der Waals surface area contributed by atoms with E-state index in [2.05, 4.69) is 10.6 Å². The number of ether oxygens (including phenoxy) is 1. The first-order valence-corrected chi connectivity index (χ1v) is 8.01. The molecule has 7 heteroatoms. The number of benzene rings is 2. The summed E-state index contributed by atoms with van der Waals surface area (Å²) in [5.41, 5.74) is 0.693. The number of amides is 2. The van der Waals surface area contributed by atoms with Crippen LogP contribution < -0.4 is 15.4 Å². The Balaban J connectivity index is 1.80. The molecule has 0 bridgehead atoms. The lowest BCUT2D eigenvalue weighted by molar-refractivity contribution is -0.120. The molecule has 2 aromatic carbocycles. The highest BCUT2D eigenvalue weighted by Crippen LogP contribution is 2.18. The molecule has 2 N–H and O–H groups in total. The molecule has 0 saturated carbocycles. The minimum absolute atomic E-state index is 0.00548. The molecule has 0 heterocycles. The summed E-state index contributed by atoms with van der Waals surface area (Å²) in [5.74, 6) is -1.10. The molecule has 0 aliphatic carbocycles. The smallest absolute Gasteiger partial charge is 0.256 e. The zero-order chi connectivity index (χ0) is 18.2. The van der Waals surface area contributed by atoms with Gasteiger partial charge in [-0.25, -0.2) is 4.39 Å². The summed E-state index contributed by atoms with van der Waals surface area (Å²) in [5, 5.41) is 5.03. The third kappa shape index (κ3) is 5.19. The molecule has 0 spiro atoms. The fraction of sp³-hybridized carbons (Fsp3) is 0.222. The van der Waals surface area contributed by atoms with Crippen molar-refractivity contribution < 1.29 is 18.7 Å². The predicted molar refractivity (Wildman–Crippen MR) is 93.5 cm³/mol. The SMILES string of the molecule is COc1ccccc1CCNC(=O)CNC(=O)c1c(F)cccc1Cl. The first-order chi connectivity index (χ1) is 12.0. The second-order valence-corrected chi connectivity index (χ2v) is 5.60. The molecule has 0 saturated heterocycles. The van der Waals surface area contributed by atoms with Gasteiger partial charge in [-0.3, -0.25) is 9.59 Å². The van der Waals surface area contributed by atoms with Crippen molar-refractivity contribution in [3.8, 4) is 5.75 Å². The molecule has 25 heavy (non-hydrogen) atoms. The van der Waals surface area contributed by atoms with Crippen LogP contribution in [0.4, 0.5) is 4.39 Å². The van der Waals surface area contributed by atoms with E-state index in [-0.39, 0.29) is 23.0 Å². The van der Waals surface area contributed by atoms with Gasteiger partial charge in [0.1, 0.15) is 11.6 Å². The highest BCUT2D eigenvalue weighted by molar-refractivity contribution is 6.33. The van der Waals surface area contributed by atoms with E-state index in [1.165, 1.54) is 12.1 Å². The molecule has 0 radical (unpaired) electrons. The molecular formula is C18H18ClFN2O3. The number of hydrogen-bond acceptors (Lipinski definition) is 3. The number of hydrogen-bond donors (Lipinski definition) is 2. The Bertz CT molecular complexity index is 747. The van der Waals surface area contributed by atoms with Crippen LogP contribution in [0, 0.1) is 5.82 Å². The third-order valence-electron chi connectivity index (χ3n) is 3.51. The Morgan fingerprint density at radius 3 is 2.60 bits per heavy atom. The van der Waals surface area contributed by atoms with E-state index >= 15 is 0 Å². The van der Waals surface area contributed by atoms with Crippen LogP contribution in [0.3, 0.4) is 0 Å². The first kappa shape index (κ1) is 18.7. The van der Waals surface area contributed by atoms with E-state index in [9.17, 15) is 14.0 Å². The van der Waals surface area contributed by atoms with E-state index in [0.29, 0.717) is 13.0 Å². The molecule has 0 fully saturated rings. The number of nitrogens with one attached hydrogen (secondary N) is 2. The topological polar surface area (TPSA) is 67.4 Å². The predicted octanol–water partition coefficient (Wildman–Crippen LogP) is 2.58. The Labute approximate surface area is 150 Å². The fourth-order valence-electron chi connectivity index (χ4n) is 2.27. The molecular weight excluding hydrogens is 347 g/mol. The molecule has 2 aromatic rings. The molecule has 132 valence electrons. The number of para-hydroxylation sites is 1. The standard InChI is InChI=1S/C18H18ClFN2O3/c1-25-15-8-3-2-5-12(15)9-10-21-16(23)11-22-18(24)17-13(19)6-4-7-14(17)20/h2-8H,9-11H2,1H3,(H,21,23)(H,22,24). The lowest BCUT2D eigenvalue weighted by Crippen LogP contribution is -2.38. The minimum Gasteiger partial charge on any atom is -0.496 e. The van der Waals surface area contributed by atoms with Gasteiger partial charge in [0.25, 0.3) is 5.91 Å². The normalized spacial score (nSPS) is 10.2. The van der Waals surface area contributed by atoms with Crippen molar-refractivity contribution in [2.75, 3.05) is 20.2 Å². The summed E-state index contributed by atoms with van der Waals surface area (Å²) in [4.78, 5) is 23.7. The van der Waals surface area contributed by atoms with Crippen LogP contribution in [0.2, 0.25) is 5.02 Å². The third-order valence-corrected chi connectivity index (χ3v) is 3.82. The quantitative estimate of drug-likeness (QED) is 0.793. The van der Waals surface area contributed by atoms with Crippen molar-refractivity contribution >= 4 is 23.4 Å². The van der Waals surface area contributed by atoms with Gasteiger partial charge in [0.05, 0.1) is 24.2 Å². The molecule has 0 aliphatic heterocycles. The van der Waals surface area contributed by atoms with Crippen LogP contribution in [0.5, 0.6) is 5.75 Å². The van der Waals surface area contributed by atoms with Gasteiger partial charge in [-0.2, -0.15) is 0 Å². The average Bonchev–Trinajstić information content (AvgIpc) is 2.60. The lowest BCUT2D eigenvalue weighted by atomic mass is 10.1. The maximum atomic E-state index is 13.6. The van der Waals surface area contributed by atoms with Gasteiger partial charge in [0.2, 0.25) is 5.91 Å². The summed E-state index contributed by atoms with van der Waals surface area (Å²) in [6.45, 7) is 0.116. The van der Waals surface area contributed by atoms with E-state index in [4.69, 9.17) is 16.3 Å². The second kappa shape index (κ2) is 9.03. The summed E-state index contributed by atoms with van der Waals surface area (Å²) in [7, 11) is 1.58. The van der Waals surface area contributed by atoms with E-state index < -0.39 is 11.7 Å². The van der Waals surface area contributed by atoms with Crippen molar-refractivity contribution in [1.29, 1.82) is 0 Å². The lowest BCUT2D eigenvalue weighted by Gasteiger charge is -2.10. The van der Waals surface area contributed by atoms with Gasteiger partial charge in [0, 0.05) is 6.54 Å². The number of carbonyl (C=O) groups excluding carboxylic acids is 2. The first-order valence-electron chi connectivity index (χ1n) is 7.63. The Kier molecular flexibility index (Phi) is 6.77. The van der Waals surface area contributed by atoms with Crippen LogP contribution >= 0.6 is 11.6 Å². The fourth-order valence-corrected chi connectivity index (χ4v) is 2.52. The molecule has 0 atom stereocenters. The van der Waals surface area contributed by atoms with E-state index in [0.717, 1.165) is 17.4 Å². The van der Waals surface area contributed by atoms with Gasteiger partial charge < -0.3 is 15.4 Å². The maximum absolute atomic E-state index is 13.6. The molecule has 5 nitrogen and oxygen atoms in total. The van der Waals surface area contributed by atoms with Crippen molar-refractivity contribution in [3.05, 3.63) is 64.4 Å². The van der Waals surface area contributed by atoms with Gasteiger partial charge in [-0.15, -0.1) is 0 Å². The number of methoxy groups -OCH3 is 1. The van der Waals surface area contributed by atoms with Crippen LogP contribution in [-0.4, -0.2) is 32.0 Å².